The molecule has 0 aromatic carbocycles. The highest BCUT2D eigenvalue weighted by atomic mass is 15.2. The Morgan fingerprint density at radius 2 is 1.82 bits per heavy atom. The molecule has 0 spiro atoms. The smallest absolute Gasteiger partial charge is 0.0105 e. The minimum absolute atomic E-state index is 0.759. The van der Waals surface area contributed by atoms with E-state index < -0.39 is 0 Å². The van der Waals surface area contributed by atoms with Gasteiger partial charge in [0.1, 0.15) is 0 Å². The first kappa shape index (κ1) is 13.4. The predicted octanol–water partition coefficient (Wildman–Crippen LogP) is 2.74. The molecule has 2 aliphatic rings. The highest BCUT2D eigenvalue weighted by Gasteiger charge is 2.33. The summed E-state index contributed by atoms with van der Waals surface area (Å²) in [6.45, 7) is 9.87. The highest BCUT2D eigenvalue weighted by molar-refractivity contribution is 4.88. The van der Waals surface area contributed by atoms with Crippen molar-refractivity contribution >= 4 is 0 Å². The molecule has 2 fully saturated rings. The minimum Gasteiger partial charge on any atom is -0.317 e. The van der Waals surface area contributed by atoms with E-state index >= 15 is 0 Å². The third-order valence-corrected chi connectivity index (χ3v) is 5.00. The van der Waals surface area contributed by atoms with Gasteiger partial charge in [-0.2, -0.15) is 0 Å². The fourth-order valence-electron chi connectivity index (χ4n) is 4.02. The van der Waals surface area contributed by atoms with Crippen LogP contribution >= 0.6 is 0 Å². The van der Waals surface area contributed by atoms with Crippen LogP contribution in [0, 0.1) is 17.8 Å². The van der Waals surface area contributed by atoms with Crippen LogP contribution in [-0.4, -0.2) is 37.1 Å². The molecule has 0 amide bonds. The number of hydrogen-bond donors (Lipinski definition) is 1. The molecule has 0 aromatic heterocycles. The van der Waals surface area contributed by atoms with Gasteiger partial charge in [0, 0.05) is 25.2 Å². The molecule has 1 N–H and O–H groups in total. The van der Waals surface area contributed by atoms with Crippen LogP contribution < -0.4 is 5.32 Å². The van der Waals surface area contributed by atoms with E-state index in [4.69, 9.17) is 0 Å². The summed E-state index contributed by atoms with van der Waals surface area (Å²) in [5.74, 6) is 2.70. The first-order valence-corrected chi connectivity index (χ1v) is 7.51. The Morgan fingerprint density at radius 3 is 2.41 bits per heavy atom. The molecule has 1 saturated carbocycles. The average Bonchev–Trinajstić information content (AvgIpc) is 2.58. The van der Waals surface area contributed by atoms with E-state index in [0.29, 0.717) is 0 Å². The van der Waals surface area contributed by atoms with Gasteiger partial charge in [-0.05, 0) is 57.4 Å². The van der Waals surface area contributed by atoms with Gasteiger partial charge in [-0.25, -0.2) is 0 Å². The van der Waals surface area contributed by atoms with Crippen molar-refractivity contribution in [1.29, 1.82) is 0 Å². The van der Waals surface area contributed by atoms with E-state index in [1.807, 2.05) is 0 Å². The number of likely N-dealkylation sites (tertiary alicyclic amines) is 1. The summed E-state index contributed by atoms with van der Waals surface area (Å²) in [5, 5.41) is 3.55. The molecule has 100 valence electrons. The second-order valence-corrected chi connectivity index (χ2v) is 6.72. The molecule has 1 saturated heterocycles. The van der Waals surface area contributed by atoms with Gasteiger partial charge in [0.25, 0.3) is 0 Å². The topological polar surface area (TPSA) is 15.3 Å². The molecule has 2 heteroatoms. The van der Waals surface area contributed by atoms with Crippen molar-refractivity contribution in [3.63, 3.8) is 0 Å². The lowest BCUT2D eigenvalue weighted by atomic mass is 9.78. The zero-order valence-corrected chi connectivity index (χ0v) is 12.1. The lowest BCUT2D eigenvalue weighted by Gasteiger charge is -2.38. The molecule has 0 bridgehead atoms. The van der Waals surface area contributed by atoms with Crippen LogP contribution in [0.4, 0.5) is 0 Å². The summed E-state index contributed by atoms with van der Waals surface area (Å²) in [6.07, 6.45) is 5.60. The monoisotopic (exact) mass is 238 g/mol. The van der Waals surface area contributed by atoms with Crippen LogP contribution in [0.3, 0.4) is 0 Å². The Hall–Kier alpha value is -0.0800. The molecule has 1 aliphatic heterocycles. The van der Waals surface area contributed by atoms with Crippen molar-refractivity contribution in [2.75, 3.05) is 20.1 Å². The van der Waals surface area contributed by atoms with E-state index in [9.17, 15) is 0 Å². The Kier molecular flexibility index (Phi) is 4.48. The maximum absolute atomic E-state index is 3.55. The van der Waals surface area contributed by atoms with Gasteiger partial charge >= 0.3 is 0 Å². The molecule has 2 nitrogen and oxygen atoms in total. The van der Waals surface area contributed by atoms with Crippen LogP contribution in [-0.2, 0) is 0 Å². The highest BCUT2D eigenvalue weighted by Crippen LogP contribution is 2.32. The summed E-state index contributed by atoms with van der Waals surface area (Å²) >= 11 is 0. The first-order valence-electron chi connectivity index (χ1n) is 7.51. The summed E-state index contributed by atoms with van der Waals surface area (Å²) < 4.78 is 0. The molecule has 5 atom stereocenters. The van der Waals surface area contributed by atoms with E-state index in [1.165, 1.54) is 38.8 Å². The van der Waals surface area contributed by atoms with Crippen molar-refractivity contribution in [1.82, 2.24) is 10.2 Å². The molecule has 2 rings (SSSR count). The lowest BCUT2D eigenvalue weighted by Crippen LogP contribution is -2.45. The summed E-state index contributed by atoms with van der Waals surface area (Å²) in [4.78, 5) is 2.73. The number of rotatable bonds is 3. The first-order chi connectivity index (χ1) is 8.10. The Labute approximate surface area is 107 Å². The molecule has 1 heterocycles. The summed E-state index contributed by atoms with van der Waals surface area (Å²) in [5.41, 5.74) is 0. The van der Waals surface area contributed by atoms with E-state index in [0.717, 1.165) is 29.8 Å². The van der Waals surface area contributed by atoms with Crippen molar-refractivity contribution in [3.05, 3.63) is 0 Å². The third kappa shape index (κ3) is 3.23. The second-order valence-electron chi connectivity index (χ2n) is 6.72. The largest absolute Gasteiger partial charge is 0.317 e. The van der Waals surface area contributed by atoms with Crippen molar-refractivity contribution in [2.45, 2.75) is 58.5 Å². The van der Waals surface area contributed by atoms with Crippen LogP contribution in [0.25, 0.3) is 0 Å². The molecule has 0 aromatic rings. The zero-order chi connectivity index (χ0) is 12.4. The Balaban J connectivity index is 1.91. The SMILES string of the molecule is CNC1CCC(C)CC1CN1CC(C)CC1C. The molecular weight excluding hydrogens is 208 g/mol. The normalized spacial score (nSPS) is 44.1. The maximum Gasteiger partial charge on any atom is 0.0105 e. The quantitative estimate of drug-likeness (QED) is 0.813. The second kappa shape index (κ2) is 5.71. The van der Waals surface area contributed by atoms with E-state index in [1.54, 1.807) is 0 Å². The zero-order valence-electron chi connectivity index (χ0n) is 12.1. The molecule has 0 radical (unpaired) electrons. The van der Waals surface area contributed by atoms with Gasteiger partial charge in [0.2, 0.25) is 0 Å². The average molecular weight is 238 g/mol. The van der Waals surface area contributed by atoms with Crippen LogP contribution in [0.5, 0.6) is 0 Å². The standard InChI is InChI=1S/C15H30N2/c1-11-5-6-15(16-4)14(8-11)10-17-9-12(2)7-13(17)3/h11-16H,5-10H2,1-4H3. The van der Waals surface area contributed by atoms with Gasteiger partial charge in [0.15, 0.2) is 0 Å². The number of hydrogen-bond acceptors (Lipinski definition) is 2. The summed E-state index contributed by atoms with van der Waals surface area (Å²) in [6, 6.07) is 1.56. The maximum atomic E-state index is 3.55. The molecule has 1 aliphatic carbocycles. The van der Waals surface area contributed by atoms with Gasteiger partial charge in [-0.1, -0.05) is 13.8 Å². The van der Waals surface area contributed by atoms with Gasteiger partial charge in [-0.3, -0.25) is 0 Å². The van der Waals surface area contributed by atoms with Crippen LogP contribution in [0.15, 0.2) is 0 Å². The van der Waals surface area contributed by atoms with Crippen molar-refractivity contribution < 1.29 is 0 Å². The van der Waals surface area contributed by atoms with E-state index in [2.05, 4.69) is 38.0 Å². The molecule has 17 heavy (non-hydrogen) atoms. The third-order valence-electron chi connectivity index (χ3n) is 5.00. The Bertz CT molecular complexity index is 241. The van der Waals surface area contributed by atoms with Crippen molar-refractivity contribution in [3.8, 4) is 0 Å². The lowest BCUT2D eigenvalue weighted by molar-refractivity contribution is 0.143. The van der Waals surface area contributed by atoms with Gasteiger partial charge < -0.3 is 10.2 Å². The Morgan fingerprint density at radius 1 is 1.06 bits per heavy atom. The number of nitrogens with zero attached hydrogens (tertiary/aromatic N) is 1. The minimum atomic E-state index is 0.759. The predicted molar refractivity (Wildman–Crippen MR) is 74.2 cm³/mol. The molecular formula is C15H30N2. The fraction of sp³-hybridized carbons (Fsp3) is 1.00. The molecule has 5 unspecified atom stereocenters. The van der Waals surface area contributed by atoms with Crippen molar-refractivity contribution in [2.24, 2.45) is 17.8 Å². The van der Waals surface area contributed by atoms with Gasteiger partial charge in [0.05, 0.1) is 0 Å². The van der Waals surface area contributed by atoms with Gasteiger partial charge in [-0.15, -0.1) is 0 Å². The fourth-order valence-corrected chi connectivity index (χ4v) is 4.02. The van der Waals surface area contributed by atoms with Crippen LogP contribution in [0.1, 0.15) is 46.5 Å². The van der Waals surface area contributed by atoms with Crippen LogP contribution in [0.2, 0.25) is 0 Å². The van der Waals surface area contributed by atoms with E-state index in [-0.39, 0.29) is 0 Å². The summed E-state index contributed by atoms with van der Waals surface area (Å²) in [7, 11) is 2.14. The number of nitrogens with one attached hydrogen (secondary N) is 1.